The number of benzene rings is 1. The third-order valence-corrected chi connectivity index (χ3v) is 2.32. The number of rotatable bonds is 4. The molecule has 0 unspecified atom stereocenters. The first-order valence-electron chi connectivity index (χ1n) is 5.50. The predicted octanol–water partition coefficient (Wildman–Crippen LogP) is 2.93. The normalized spacial score (nSPS) is 11.4. The van der Waals surface area contributed by atoms with Crippen molar-refractivity contribution < 1.29 is 17.9 Å². The number of hydrogen-bond acceptors (Lipinski definition) is 3. The Bertz CT molecular complexity index is 551. The molecule has 1 heterocycles. The van der Waals surface area contributed by atoms with E-state index in [-0.39, 0.29) is 5.75 Å². The summed E-state index contributed by atoms with van der Waals surface area (Å²) in [6.07, 6.45) is -2.90. The Hall–Kier alpha value is -2.18. The van der Waals surface area contributed by atoms with Gasteiger partial charge < -0.3 is 10.1 Å². The second-order valence-corrected chi connectivity index (χ2v) is 3.92. The van der Waals surface area contributed by atoms with Gasteiger partial charge in [-0.25, -0.2) is 0 Å². The van der Waals surface area contributed by atoms with E-state index < -0.39 is 6.36 Å². The van der Waals surface area contributed by atoms with Gasteiger partial charge in [-0.15, -0.1) is 13.2 Å². The Morgan fingerprint density at radius 3 is 2.74 bits per heavy atom. The number of ether oxygens (including phenoxy) is 1. The molecule has 0 atom stereocenters. The Morgan fingerprint density at radius 2 is 2.11 bits per heavy atom. The average Bonchev–Trinajstić information content (AvgIpc) is 2.71. The molecule has 0 saturated heterocycles. The van der Waals surface area contributed by atoms with E-state index in [1.54, 1.807) is 30.1 Å². The summed E-state index contributed by atoms with van der Waals surface area (Å²) in [6, 6.07) is 7.59. The van der Waals surface area contributed by atoms with Crippen molar-refractivity contribution in [2.75, 3.05) is 5.32 Å². The maximum Gasteiger partial charge on any atom is 0.573 e. The number of halogens is 3. The number of alkyl halides is 3. The van der Waals surface area contributed by atoms with E-state index in [1.165, 1.54) is 18.2 Å². The number of hydrogen-bond donors (Lipinski definition) is 1. The van der Waals surface area contributed by atoms with E-state index in [0.717, 1.165) is 0 Å². The summed E-state index contributed by atoms with van der Waals surface area (Å²) in [7, 11) is 1.78. The van der Waals surface area contributed by atoms with Gasteiger partial charge in [0.25, 0.3) is 0 Å². The summed E-state index contributed by atoms with van der Waals surface area (Å²) in [5.74, 6) is 0.428. The van der Waals surface area contributed by atoms with Gasteiger partial charge in [-0.3, -0.25) is 4.68 Å². The van der Waals surface area contributed by atoms with E-state index in [9.17, 15) is 13.2 Å². The molecule has 0 saturated carbocycles. The Morgan fingerprint density at radius 1 is 1.32 bits per heavy atom. The van der Waals surface area contributed by atoms with Crippen LogP contribution in [0.15, 0.2) is 36.5 Å². The van der Waals surface area contributed by atoms with Crippen molar-refractivity contribution in [3.05, 3.63) is 42.1 Å². The van der Waals surface area contributed by atoms with Crippen LogP contribution < -0.4 is 10.1 Å². The van der Waals surface area contributed by atoms with E-state index in [4.69, 9.17) is 0 Å². The molecule has 0 amide bonds. The van der Waals surface area contributed by atoms with Crippen LogP contribution in [0, 0.1) is 0 Å². The lowest BCUT2D eigenvalue weighted by molar-refractivity contribution is -0.274. The lowest BCUT2D eigenvalue weighted by Crippen LogP contribution is -2.17. The fourth-order valence-electron chi connectivity index (χ4n) is 1.55. The van der Waals surface area contributed by atoms with E-state index in [2.05, 4.69) is 15.2 Å². The van der Waals surface area contributed by atoms with Crippen LogP contribution in [0.5, 0.6) is 5.75 Å². The number of nitrogens with zero attached hydrogens (tertiary/aromatic N) is 2. The molecule has 19 heavy (non-hydrogen) atoms. The molecular formula is C12H12F3N3O. The number of aryl methyl sites for hydroxylation is 1. The van der Waals surface area contributed by atoms with Crippen LogP contribution in [-0.2, 0) is 13.6 Å². The summed E-state index contributed by atoms with van der Waals surface area (Å²) in [6.45, 7) is 0.367. The number of anilines is 1. The molecule has 0 aliphatic carbocycles. The minimum absolute atomic E-state index is 0.229. The molecule has 0 fully saturated rings. The summed E-state index contributed by atoms with van der Waals surface area (Å²) in [4.78, 5) is 0. The topological polar surface area (TPSA) is 39.1 Å². The van der Waals surface area contributed by atoms with Crippen LogP contribution in [0.4, 0.5) is 19.0 Å². The number of aromatic nitrogens is 2. The van der Waals surface area contributed by atoms with Gasteiger partial charge in [0.1, 0.15) is 11.6 Å². The summed E-state index contributed by atoms with van der Waals surface area (Å²) >= 11 is 0. The highest BCUT2D eigenvalue weighted by Gasteiger charge is 2.31. The monoisotopic (exact) mass is 271 g/mol. The highest BCUT2D eigenvalue weighted by atomic mass is 19.4. The summed E-state index contributed by atoms with van der Waals surface area (Å²) in [5, 5.41) is 7.10. The molecule has 2 rings (SSSR count). The van der Waals surface area contributed by atoms with Crippen LogP contribution in [-0.4, -0.2) is 16.1 Å². The lowest BCUT2D eigenvalue weighted by Gasteiger charge is -2.10. The van der Waals surface area contributed by atoms with Crippen LogP contribution in [0.3, 0.4) is 0 Å². The highest BCUT2D eigenvalue weighted by molar-refractivity contribution is 5.36. The van der Waals surface area contributed by atoms with Crippen molar-refractivity contribution in [2.45, 2.75) is 12.9 Å². The predicted molar refractivity (Wildman–Crippen MR) is 63.7 cm³/mol. The molecule has 0 bridgehead atoms. The molecule has 2 aromatic rings. The molecule has 1 aromatic heterocycles. The Labute approximate surface area is 107 Å². The molecule has 102 valence electrons. The maximum absolute atomic E-state index is 12.1. The zero-order valence-corrected chi connectivity index (χ0v) is 10.1. The van der Waals surface area contributed by atoms with Crippen molar-refractivity contribution in [1.82, 2.24) is 9.78 Å². The zero-order chi connectivity index (χ0) is 13.9. The van der Waals surface area contributed by atoms with E-state index >= 15 is 0 Å². The van der Waals surface area contributed by atoms with Crippen LogP contribution in [0.1, 0.15) is 5.56 Å². The van der Waals surface area contributed by atoms with Gasteiger partial charge in [-0.1, -0.05) is 12.1 Å². The molecule has 0 spiro atoms. The first-order valence-corrected chi connectivity index (χ1v) is 5.50. The third-order valence-electron chi connectivity index (χ3n) is 2.32. The molecule has 0 aliphatic rings. The quantitative estimate of drug-likeness (QED) is 0.929. The standard InChI is InChI=1S/C12H12F3N3O/c1-18-6-5-11(17-18)16-8-9-3-2-4-10(7-9)19-12(13,14)15/h2-7H,8H2,1H3,(H,16,17). The molecule has 7 heteroatoms. The second-order valence-electron chi connectivity index (χ2n) is 3.92. The first-order chi connectivity index (χ1) is 8.92. The van der Waals surface area contributed by atoms with Crippen molar-refractivity contribution >= 4 is 5.82 Å². The molecule has 1 aromatic carbocycles. The third kappa shape index (κ3) is 4.20. The molecular weight excluding hydrogens is 259 g/mol. The lowest BCUT2D eigenvalue weighted by atomic mass is 10.2. The smallest absolute Gasteiger partial charge is 0.406 e. The van der Waals surface area contributed by atoms with E-state index in [1.807, 2.05) is 0 Å². The van der Waals surface area contributed by atoms with Crippen molar-refractivity contribution in [3.8, 4) is 5.75 Å². The summed E-state index contributed by atoms with van der Waals surface area (Å²) in [5.41, 5.74) is 0.674. The largest absolute Gasteiger partial charge is 0.573 e. The van der Waals surface area contributed by atoms with Gasteiger partial charge >= 0.3 is 6.36 Å². The van der Waals surface area contributed by atoms with Crippen molar-refractivity contribution in [1.29, 1.82) is 0 Å². The van der Waals surface area contributed by atoms with Crippen LogP contribution in [0.2, 0.25) is 0 Å². The fourth-order valence-corrected chi connectivity index (χ4v) is 1.55. The highest BCUT2D eigenvalue weighted by Crippen LogP contribution is 2.23. The van der Waals surface area contributed by atoms with Crippen LogP contribution in [0.25, 0.3) is 0 Å². The van der Waals surface area contributed by atoms with Gasteiger partial charge in [0.05, 0.1) is 0 Å². The fraction of sp³-hybridized carbons (Fsp3) is 0.250. The Balaban J connectivity index is 1.99. The van der Waals surface area contributed by atoms with Crippen LogP contribution >= 0.6 is 0 Å². The molecule has 0 radical (unpaired) electrons. The SMILES string of the molecule is Cn1ccc(NCc2cccc(OC(F)(F)F)c2)n1. The van der Waals surface area contributed by atoms with Gasteiger partial charge in [0.2, 0.25) is 0 Å². The minimum Gasteiger partial charge on any atom is -0.406 e. The zero-order valence-electron chi connectivity index (χ0n) is 10.1. The van der Waals surface area contributed by atoms with Gasteiger partial charge in [-0.2, -0.15) is 5.10 Å². The average molecular weight is 271 g/mol. The van der Waals surface area contributed by atoms with E-state index in [0.29, 0.717) is 17.9 Å². The molecule has 0 aliphatic heterocycles. The maximum atomic E-state index is 12.1. The van der Waals surface area contributed by atoms with Gasteiger partial charge in [0.15, 0.2) is 0 Å². The van der Waals surface area contributed by atoms with Gasteiger partial charge in [0, 0.05) is 25.9 Å². The molecule has 4 nitrogen and oxygen atoms in total. The molecule has 1 N–H and O–H groups in total. The minimum atomic E-state index is -4.67. The van der Waals surface area contributed by atoms with Crippen molar-refractivity contribution in [2.24, 2.45) is 7.05 Å². The first kappa shape index (κ1) is 13.3. The number of nitrogens with one attached hydrogen (secondary N) is 1. The van der Waals surface area contributed by atoms with Crippen molar-refractivity contribution in [3.63, 3.8) is 0 Å². The summed E-state index contributed by atoms with van der Waals surface area (Å²) < 4.78 is 41.7. The Kier molecular flexibility index (Phi) is 3.64. The van der Waals surface area contributed by atoms with Gasteiger partial charge in [-0.05, 0) is 17.7 Å². The second kappa shape index (κ2) is 5.21.